The third-order valence-electron chi connectivity index (χ3n) is 2.57. The number of nitrogens with one attached hydrogen (secondary N) is 2. The Labute approximate surface area is 102 Å². The lowest BCUT2D eigenvalue weighted by atomic mass is 10.2. The van der Waals surface area contributed by atoms with Crippen LogP contribution in [0.3, 0.4) is 0 Å². The van der Waals surface area contributed by atoms with E-state index < -0.39 is 0 Å². The number of hydrogen-bond acceptors (Lipinski definition) is 2. The molecule has 0 unspecified atom stereocenters. The molecule has 2 N–H and O–H groups in total. The van der Waals surface area contributed by atoms with E-state index in [9.17, 15) is 0 Å². The van der Waals surface area contributed by atoms with Gasteiger partial charge in [0.05, 0.1) is 0 Å². The van der Waals surface area contributed by atoms with Gasteiger partial charge in [-0.1, -0.05) is 23.7 Å². The van der Waals surface area contributed by atoms with Crippen LogP contribution in [0, 0.1) is 0 Å². The van der Waals surface area contributed by atoms with Gasteiger partial charge in [-0.15, -0.1) is 12.4 Å². The fourth-order valence-corrected chi connectivity index (χ4v) is 1.82. The lowest BCUT2D eigenvalue weighted by Crippen LogP contribution is -2.30. The van der Waals surface area contributed by atoms with Crippen LogP contribution < -0.4 is 10.6 Å². The predicted octanol–water partition coefficient (Wildman–Crippen LogP) is 2.21. The van der Waals surface area contributed by atoms with Gasteiger partial charge >= 0.3 is 0 Å². The van der Waals surface area contributed by atoms with E-state index in [2.05, 4.69) is 22.8 Å². The van der Waals surface area contributed by atoms with Gasteiger partial charge < -0.3 is 10.6 Å². The third-order valence-corrected chi connectivity index (χ3v) is 2.82. The summed E-state index contributed by atoms with van der Waals surface area (Å²) in [4.78, 5) is 0. The summed E-state index contributed by atoms with van der Waals surface area (Å²) in [7, 11) is 0. The SMILES string of the molecule is Cl.Clc1ccc(CN[C@H]2CCNC2)cc1. The van der Waals surface area contributed by atoms with Crippen molar-refractivity contribution in [1.82, 2.24) is 10.6 Å². The molecule has 0 spiro atoms. The van der Waals surface area contributed by atoms with Gasteiger partial charge in [0.1, 0.15) is 0 Å². The molecule has 4 heteroatoms. The molecule has 0 aliphatic carbocycles. The fourth-order valence-electron chi connectivity index (χ4n) is 1.69. The van der Waals surface area contributed by atoms with Crippen molar-refractivity contribution in [1.29, 1.82) is 0 Å². The van der Waals surface area contributed by atoms with Crippen molar-refractivity contribution < 1.29 is 0 Å². The molecule has 1 saturated heterocycles. The first-order valence-corrected chi connectivity index (χ1v) is 5.41. The molecule has 1 fully saturated rings. The second-order valence-electron chi connectivity index (χ2n) is 3.70. The van der Waals surface area contributed by atoms with Gasteiger partial charge in [-0.05, 0) is 30.7 Å². The van der Waals surface area contributed by atoms with Crippen molar-refractivity contribution in [2.24, 2.45) is 0 Å². The molecule has 84 valence electrons. The summed E-state index contributed by atoms with van der Waals surface area (Å²) >= 11 is 5.81. The smallest absolute Gasteiger partial charge is 0.0406 e. The van der Waals surface area contributed by atoms with Crippen LogP contribution in [0.2, 0.25) is 5.02 Å². The van der Waals surface area contributed by atoms with Crippen LogP contribution in [0.1, 0.15) is 12.0 Å². The van der Waals surface area contributed by atoms with Gasteiger partial charge in [0.2, 0.25) is 0 Å². The summed E-state index contributed by atoms with van der Waals surface area (Å²) in [6, 6.07) is 8.64. The topological polar surface area (TPSA) is 24.1 Å². The van der Waals surface area contributed by atoms with E-state index in [1.54, 1.807) is 0 Å². The molecule has 15 heavy (non-hydrogen) atoms. The number of halogens is 2. The molecule has 0 amide bonds. The van der Waals surface area contributed by atoms with E-state index in [1.165, 1.54) is 12.0 Å². The van der Waals surface area contributed by atoms with E-state index in [-0.39, 0.29) is 12.4 Å². The molecule has 0 bridgehead atoms. The maximum atomic E-state index is 5.81. The Bertz CT molecular complexity index is 281. The molecule has 2 rings (SSSR count). The Morgan fingerprint density at radius 3 is 2.67 bits per heavy atom. The molecule has 1 atom stereocenters. The summed E-state index contributed by atoms with van der Waals surface area (Å²) < 4.78 is 0. The summed E-state index contributed by atoms with van der Waals surface area (Å²) in [6.07, 6.45) is 1.23. The first kappa shape index (κ1) is 12.8. The zero-order valence-corrected chi connectivity index (χ0v) is 10.1. The molecule has 1 aromatic carbocycles. The Balaban J connectivity index is 0.00000112. The first-order chi connectivity index (χ1) is 6.84. The number of hydrogen-bond donors (Lipinski definition) is 2. The standard InChI is InChI=1S/C11H15ClN2.ClH/c12-10-3-1-9(2-4-10)7-14-11-5-6-13-8-11;/h1-4,11,13-14H,5-8H2;1H/t11-;/m0./s1. The van der Waals surface area contributed by atoms with E-state index in [0.29, 0.717) is 6.04 Å². The monoisotopic (exact) mass is 246 g/mol. The molecule has 0 radical (unpaired) electrons. The zero-order valence-electron chi connectivity index (χ0n) is 8.50. The number of benzene rings is 1. The van der Waals surface area contributed by atoms with Crippen LogP contribution in [-0.2, 0) is 6.54 Å². The molecular weight excluding hydrogens is 231 g/mol. The van der Waals surface area contributed by atoms with Crippen molar-refractivity contribution in [2.45, 2.75) is 19.0 Å². The largest absolute Gasteiger partial charge is 0.315 e. The van der Waals surface area contributed by atoms with Crippen molar-refractivity contribution in [3.63, 3.8) is 0 Å². The average molecular weight is 247 g/mol. The Kier molecular flexibility index (Phi) is 5.40. The van der Waals surface area contributed by atoms with Gasteiger partial charge in [0.15, 0.2) is 0 Å². The average Bonchev–Trinajstić information content (AvgIpc) is 2.70. The molecule has 1 aromatic rings. The highest BCUT2D eigenvalue weighted by atomic mass is 35.5. The molecule has 1 heterocycles. The van der Waals surface area contributed by atoms with Gasteiger partial charge in [0, 0.05) is 24.2 Å². The predicted molar refractivity (Wildman–Crippen MR) is 66.8 cm³/mol. The first-order valence-electron chi connectivity index (χ1n) is 5.03. The van der Waals surface area contributed by atoms with Crippen LogP contribution in [0.15, 0.2) is 24.3 Å². The Morgan fingerprint density at radius 1 is 1.33 bits per heavy atom. The van der Waals surface area contributed by atoms with E-state index in [0.717, 1.165) is 24.7 Å². The maximum Gasteiger partial charge on any atom is 0.0406 e. The molecule has 1 aliphatic rings. The molecule has 0 saturated carbocycles. The molecule has 1 aliphatic heterocycles. The minimum Gasteiger partial charge on any atom is -0.315 e. The van der Waals surface area contributed by atoms with Gasteiger partial charge in [-0.2, -0.15) is 0 Å². The molecule has 2 nitrogen and oxygen atoms in total. The second-order valence-corrected chi connectivity index (χ2v) is 4.13. The van der Waals surface area contributed by atoms with E-state index in [4.69, 9.17) is 11.6 Å². The lowest BCUT2D eigenvalue weighted by molar-refractivity contribution is 0.547. The quantitative estimate of drug-likeness (QED) is 0.855. The van der Waals surface area contributed by atoms with Crippen molar-refractivity contribution in [3.8, 4) is 0 Å². The Hall–Kier alpha value is -0.280. The Morgan fingerprint density at radius 2 is 2.07 bits per heavy atom. The van der Waals surface area contributed by atoms with Crippen LogP contribution in [-0.4, -0.2) is 19.1 Å². The van der Waals surface area contributed by atoms with Crippen LogP contribution in [0.25, 0.3) is 0 Å². The van der Waals surface area contributed by atoms with Crippen LogP contribution >= 0.6 is 24.0 Å². The summed E-state index contributed by atoms with van der Waals surface area (Å²) in [6.45, 7) is 3.16. The minimum absolute atomic E-state index is 0. The van der Waals surface area contributed by atoms with Crippen LogP contribution in [0.5, 0.6) is 0 Å². The molecule has 0 aromatic heterocycles. The van der Waals surface area contributed by atoms with Gasteiger partial charge in [-0.25, -0.2) is 0 Å². The highest BCUT2D eigenvalue weighted by Gasteiger charge is 2.12. The van der Waals surface area contributed by atoms with E-state index >= 15 is 0 Å². The fraction of sp³-hybridized carbons (Fsp3) is 0.455. The van der Waals surface area contributed by atoms with E-state index in [1.807, 2.05) is 12.1 Å². The van der Waals surface area contributed by atoms with Crippen molar-refractivity contribution in [3.05, 3.63) is 34.9 Å². The van der Waals surface area contributed by atoms with Gasteiger partial charge in [-0.3, -0.25) is 0 Å². The van der Waals surface area contributed by atoms with Crippen LogP contribution in [0.4, 0.5) is 0 Å². The van der Waals surface area contributed by atoms with Crippen molar-refractivity contribution >= 4 is 24.0 Å². The third kappa shape index (κ3) is 3.99. The summed E-state index contributed by atoms with van der Waals surface area (Å²) in [5.74, 6) is 0. The number of rotatable bonds is 3. The maximum absolute atomic E-state index is 5.81. The summed E-state index contributed by atoms with van der Waals surface area (Å²) in [5.41, 5.74) is 1.29. The normalized spacial score (nSPS) is 19.9. The minimum atomic E-state index is 0. The molecular formula is C11H16Cl2N2. The van der Waals surface area contributed by atoms with Crippen molar-refractivity contribution in [2.75, 3.05) is 13.1 Å². The second kappa shape index (κ2) is 6.33. The van der Waals surface area contributed by atoms with Gasteiger partial charge in [0.25, 0.3) is 0 Å². The lowest BCUT2D eigenvalue weighted by Gasteiger charge is -2.10. The highest BCUT2D eigenvalue weighted by Crippen LogP contribution is 2.09. The highest BCUT2D eigenvalue weighted by molar-refractivity contribution is 6.30. The zero-order chi connectivity index (χ0) is 9.80. The summed E-state index contributed by atoms with van der Waals surface area (Å²) in [5, 5.41) is 7.65.